The third-order valence-electron chi connectivity index (χ3n) is 5.04. The lowest BCUT2D eigenvalue weighted by molar-refractivity contribution is -0.0473. The molecule has 0 heterocycles. The summed E-state index contributed by atoms with van der Waals surface area (Å²) in [7, 11) is 1.79. The molecule has 0 spiro atoms. The maximum Gasteiger partial charge on any atom is 0.0842 e. The summed E-state index contributed by atoms with van der Waals surface area (Å²) in [5.41, 5.74) is 7.20. The highest BCUT2D eigenvalue weighted by atomic mass is 16.5. The van der Waals surface area contributed by atoms with Gasteiger partial charge in [0.25, 0.3) is 0 Å². The highest BCUT2D eigenvalue weighted by Gasteiger charge is 2.35. The fraction of sp³-hybridized carbons (Fsp3) is 0.647. The van der Waals surface area contributed by atoms with Crippen molar-refractivity contribution in [3.63, 3.8) is 0 Å². The standard InChI is InChI=1S/C17H28N2O/c1-4-17(5-2,20-3)16(19-18)12-13-9-10-14-7-6-8-15(14)11-13/h9-11,16,19H,4-8,12,18H2,1-3H3. The Morgan fingerprint density at radius 1 is 1.25 bits per heavy atom. The van der Waals surface area contributed by atoms with Crippen molar-refractivity contribution in [2.75, 3.05) is 7.11 Å². The van der Waals surface area contributed by atoms with Gasteiger partial charge in [-0.05, 0) is 55.2 Å². The predicted octanol–water partition coefficient (Wildman–Crippen LogP) is 2.75. The third kappa shape index (κ3) is 2.90. The average molecular weight is 276 g/mol. The second-order valence-electron chi connectivity index (χ2n) is 5.86. The van der Waals surface area contributed by atoms with Crippen LogP contribution in [0.1, 0.15) is 49.8 Å². The summed E-state index contributed by atoms with van der Waals surface area (Å²) in [6.07, 6.45) is 6.59. The Bertz CT molecular complexity index is 432. The summed E-state index contributed by atoms with van der Waals surface area (Å²) in [5, 5.41) is 0. The van der Waals surface area contributed by atoms with Crippen molar-refractivity contribution >= 4 is 0 Å². The summed E-state index contributed by atoms with van der Waals surface area (Å²) >= 11 is 0. The molecular weight excluding hydrogens is 248 g/mol. The SMILES string of the molecule is CCC(CC)(OC)C(Cc1ccc2c(c1)CCC2)NN. The highest BCUT2D eigenvalue weighted by Crippen LogP contribution is 2.28. The summed E-state index contributed by atoms with van der Waals surface area (Å²) in [6, 6.07) is 7.04. The van der Waals surface area contributed by atoms with E-state index in [2.05, 4.69) is 37.5 Å². The van der Waals surface area contributed by atoms with Gasteiger partial charge in [-0.2, -0.15) is 0 Å². The zero-order valence-corrected chi connectivity index (χ0v) is 13.0. The Morgan fingerprint density at radius 2 is 1.95 bits per heavy atom. The monoisotopic (exact) mass is 276 g/mol. The maximum atomic E-state index is 5.82. The number of nitrogens with one attached hydrogen (secondary N) is 1. The number of hydrogen-bond acceptors (Lipinski definition) is 3. The largest absolute Gasteiger partial charge is 0.377 e. The van der Waals surface area contributed by atoms with Gasteiger partial charge in [-0.3, -0.25) is 11.3 Å². The number of benzene rings is 1. The second-order valence-corrected chi connectivity index (χ2v) is 5.86. The lowest BCUT2D eigenvalue weighted by atomic mass is 9.84. The van der Waals surface area contributed by atoms with E-state index in [1.165, 1.54) is 36.0 Å². The Morgan fingerprint density at radius 3 is 2.55 bits per heavy atom. The van der Waals surface area contributed by atoms with Gasteiger partial charge in [0.05, 0.1) is 11.6 Å². The molecule has 1 aliphatic rings. The number of aryl methyl sites for hydroxylation is 2. The Labute approximate surface area is 122 Å². The van der Waals surface area contributed by atoms with Gasteiger partial charge in [-0.1, -0.05) is 32.0 Å². The first kappa shape index (κ1) is 15.5. The molecular formula is C17H28N2O. The Kier molecular flexibility index (Phi) is 5.19. The van der Waals surface area contributed by atoms with Crippen molar-refractivity contribution in [3.05, 3.63) is 34.9 Å². The van der Waals surface area contributed by atoms with E-state index in [9.17, 15) is 0 Å². The molecule has 0 amide bonds. The lowest BCUT2D eigenvalue weighted by Crippen LogP contribution is -2.55. The summed E-state index contributed by atoms with van der Waals surface area (Å²) in [5.74, 6) is 5.82. The first-order valence-corrected chi connectivity index (χ1v) is 7.81. The van der Waals surface area contributed by atoms with Crippen LogP contribution in [0.2, 0.25) is 0 Å². The number of ether oxygens (including phenoxy) is 1. The van der Waals surface area contributed by atoms with Gasteiger partial charge in [-0.25, -0.2) is 0 Å². The van der Waals surface area contributed by atoms with Crippen LogP contribution in [0.4, 0.5) is 0 Å². The molecule has 1 aliphatic carbocycles. The van der Waals surface area contributed by atoms with Gasteiger partial charge in [0.15, 0.2) is 0 Å². The number of hydrazine groups is 1. The molecule has 0 aromatic heterocycles. The molecule has 1 unspecified atom stereocenters. The molecule has 3 nitrogen and oxygen atoms in total. The van der Waals surface area contributed by atoms with Crippen LogP contribution >= 0.6 is 0 Å². The van der Waals surface area contributed by atoms with E-state index in [0.29, 0.717) is 0 Å². The van der Waals surface area contributed by atoms with Crippen LogP contribution in [0.15, 0.2) is 18.2 Å². The average Bonchev–Trinajstić information content (AvgIpc) is 2.95. The minimum absolute atomic E-state index is 0.141. The molecule has 1 atom stereocenters. The normalized spacial score (nSPS) is 16.2. The number of fused-ring (bicyclic) bond motifs is 1. The Hall–Kier alpha value is -0.900. The van der Waals surface area contributed by atoms with Crippen LogP contribution in [-0.4, -0.2) is 18.8 Å². The molecule has 1 aromatic carbocycles. The zero-order chi connectivity index (χ0) is 14.6. The quantitative estimate of drug-likeness (QED) is 0.594. The van der Waals surface area contributed by atoms with Gasteiger partial charge in [-0.15, -0.1) is 0 Å². The van der Waals surface area contributed by atoms with Crippen LogP contribution in [-0.2, 0) is 24.0 Å². The van der Waals surface area contributed by atoms with Gasteiger partial charge in [0.2, 0.25) is 0 Å². The lowest BCUT2D eigenvalue weighted by Gasteiger charge is -2.38. The van der Waals surface area contributed by atoms with Crippen molar-refractivity contribution < 1.29 is 4.74 Å². The second kappa shape index (κ2) is 6.70. The molecule has 2 rings (SSSR count). The molecule has 0 fully saturated rings. The van der Waals surface area contributed by atoms with Crippen molar-refractivity contribution in [1.82, 2.24) is 5.43 Å². The molecule has 1 aromatic rings. The van der Waals surface area contributed by atoms with E-state index in [4.69, 9.17) is 10.6 Å². The number of nitrogens with two attached hydrogens (primary N) is 1. The van der Waals surface area contributed by atoms with Crippen LogP contribution < -0.4 is 11.3 Å². The Balaban J connectivity index is 2.17. The molecule has 20 heavy (non-hydrogen) atoms. The van der Waals surface area contributed by atoms with Crippen LogP contribution in [0.25, 0.3) is 0 Å². The smallest absolute Gasteiger partial charge is 0.0842 e. The van der Waals surface area contributed by atoms with Gasteiger partial charge in [0.1, 0.15) is 0 Å². The zero-order valence-electron chi connectivity index (χ0n) is 13.0. The molecule has 3 heteroatoms. The topological polar surface area (TPSA) is 47.3 Å². The van der Waals surface area contributed by atoms with Gasteiger partial charge in [0, 0.05) is 7.11 Å². The number of hydrogen-bond donors (Lipinski definition) is 2. The van der Waals surface area contributed by atoms with Gasteiger partial charge >= 0.3 is 0 Å². The molecule has 0 aliphatic heterocycles. The molecule has 0 saturated heterocycles. The summed E-state index contributed by atoms with van der Waals surface area (Å²) < 4.78 is 5.81. The van der Waals surface area contributed by atoms with E-state index in [1.807, 2.05) is 0 Å². The van der Waals surface area contributed by atoms with E-state index in [-0.39, 0.29) is 11.6 Å². The molecule has 0 bridgehead atoms. The van der Waals surface area contributed by atoms with Crippen molar-refractivity contribution in [1.29, 1.82) is 0 Å². The fourth-order valence-electron chi connectivity index (χ4n) is 3.56. The van der Waals surface area contributed by atoms with Gasteiger partial charge < -0.3 is 4.74 Å². The molecule has 112 valence electrons. The molecule has 3 N–H and O–H groups in total. The maximum absolute atomic E-state index is 5.82. The number of rotatable bonds is 7. The fourth-order valence-corrected chi connectivity index (χ4v) is 3.56. The first-order valence-electron chi connectivity index (χ1n) is 7.81. The van der Waals surface area contributed by atoms with Crippen LogP contribution in [0.5, 0.6) is 0 Å². The van der Waals surface area contributed by atoms with E-state index >= 15 is 0 Å². The number of methoxy groups -OCH3 is 1. The van der Waals surface area contributed by atoms with E-state index in [1.54, 1.807) is 7.11 Å². The third-order valence-corrected chi connectivity index (χ3v) is 5.04. The van der Waals surface area contributed by atoms with Crippen LogP contribution in [0.3, 0.4) is 0 Å². The summed E-state index contributed by atoms with van der Waals surface area (Å²) in [4.78, 5) is 0. The minimum Gasteiger partial charge on any atom is -0.377 e. The molecule has 0 saturated carbocycles. The van der Waals surface area contributed by atoms with E-state index < -0.39 is 0 Å². The molecule has 0 radical (unpaired) electrons. The highest BCUT2D eigenvalue weighted by molar-refractivity contribution is 5.35. The predicted molar refractivity (Wildman–Crippen MR) is 83.6 cm³/mol. The van der Waals surface area contributed by atoms with Crippen molar-refractivity contribution in [3.8, 4) is 0 Å². The van der Waals surface area contributed by atoms with Crippen molar-refractivity contribution in [2.45, 2.75) is 64.0 Å². The minimum atomic E-state index is -0.187. The van der Waals surface area contributed by atoms with E-state index in [0.717, 1.165) is 19.3 Å². The first-order chi connectivity index (χ1) is 9.69. The van der Waals surface area contributed by atoms with Crippen molar-refractivity contribution in [2.24, 2.45) is 5.84 Å². The summed E-state index contributed by atoms with van der Waals surface area (Å²) in [6.45, 7) is 4.33. The van der Waals surface area contributed by atoms with Crippen LogP contribution in [0, 0.1) is 0 Å².